The first-order valence-electron chi connectivity index (χ1n) is 5.53. The van der Waals surface area contributed by atoms with E-state index in [0.29, 0.717) is 11.3 Å². The molecule has 2 aromatic carbocycles. The largest absolute Gasteiger partial charge is 0.456 e. The number of amidine groups is 1. The second kappa shape index (κ2) is 5.58. The van der Waals surface area contributed by atoms with Crippen LogP contribution < -0.4 is 10.5 Å². The van der Waals surface area contributed by atoms with Crippen molar-refractivity contribution in [2.75, 3.05) is 0 Å². The number of nitro benzene ring substituents is 1. The number of hydrogen-bond donors (Lipinski definition) is 2. The molecule has 0 atom stereocenters. The molecule has 0 radical (unpaired) electrons. The van der Waals surface area contributed by atoms with Crippen molar-refractivity contribution in [3.8, 4) is 11.5 Å². The second-order valence-electron chi connectivity index (χ2n) is 3.91. The highest BCUT2D eigenvalue weighted by Gasteiger charge is 2.11. The van der Waals surface area contributed by atoms with Gasteiger partial charge in [-0.2, -0.15) is 0 Å². The first-order chi connectivity index (χ1) is 9.47. The number of nitrogen functional groups attached to an aromatic ring is 1. The Morgan fingerprint density at radius 3 is 2.45 bits per heavy atom. The molecule has 2 aromatic rings. The van der Waals surface area contributed by atoms with Crippen molar-refractivity contribution in [3.05, 3.63) is 63.2 Å². The standard InChI is InChI=1S/C13H10ClN3O3/c14-11-6-3-9(17(18)19)7-12(11)20-10-4-1-8(2-5-10)13(15)16/h1-7H,(H3,15,16). The van der Waals surface area contributed by atoms with E-state index in [1.54, 1.807) is 24.3 Å². The van der Waals surface area contributed by atoms with Crippen LogP contribution >= 0.6 is 11.6 Å². The Kier molecular flexibility index (Phi) is 3.86. The maximum absolute atomic E-state index is 10.7. The van der Waals surface area contributed by atoms with Gasteiger partial charge in [0.05, 0.1) is 16.0 Å². The number of nitrogens with zero attached hydrogens (tertiary/aromatic N) is 1. The van der Waals surface area contributed by atoms with E-state index in [2.05, 4.69) is 0 Å². The molecule has 0 heterocycles. The fourth-order valence-corrected chi connectivity index (χ4v) is 1.67. The highest BCUT2D eigenvalue weighted by atomic mass is 35.5. The van der Waals surface area contributed by atoms with Crippen LogP contribution in [0.15, 0.2) is 42.5 Å². The highest BCUT2D eigenvalue weighted by molar-refractivity contribution is 6.32. The molecule has 0 aliphatic rings. The lowest BCUT2D eigenvalue weighted by molar-refractivity contribution is -0.384. The molecule has 3 N–H and O–H groups in total. The molecule has 0 aliphatic heterocycles. The van der Waals surface area contributed by atoms with Crippen LogP contribution in [0.2, 0.25) is 5.02 Å². The van der Waals surface area contributed by atoms with E-state index in [9.17, 15) is 10.1 Å². The average molecular weight is 292 g/mol. The lowest BCUT2D eigenvalue weighted by Crippen LogP contribution is -2.10. The van der Waals surface area contributed by atoms with Gasteiger partial charge in [-0.25, -0.2) is 0 Å². The summed E-state index contributed by atoms with van der Waals surface area (Å²) in [6.07, 6.45) is 0. The molecule has 2 rings (SSSR count). The lowest BCUT2D eigenvalue weighted by atomic mass is 10.2. The summed E-state index contributed by atoms with van der Waals surface area (Å²) in [4.78, 5) is 10.2. The Labute approximate surface area is 119 Å². The van der Waals surface area contributed by atoms with Crippen LogP contribution in [0.25, 0.3) is 0 Å². The normalized spacial score (nSPS) is 10.1. The van der Waals surface area contributed by atoms with Gasteiger partial charge in [-0.3, -0.25) is 15.5 Å². The van der Waals surface area contributed by atoms with Gasteiger partial charge in [0.2, 0.25) is 0 Å². The monoisotopic (exact) mass is 291 g/mol. The minimum absolute atomic E-state index is 0.0510. The molecule has 20 heavy (non-hydrogen) atoms. The van der Waals surface area contributed by atoms with Crippen LogP contribution in [0.3, 0.4) is 0 Å². The lowest BCUT2D eigenvalue weighted by Gasteiger charge is -2.08. The van der Waals surface area contributed by atoms with Crippen molar-refractivity contribution in [1.29, 1.82) is 5.41 Å². The summed E-state index contributed by atoms with van der Waals surface area (Å²) >= 11 is 5.93. The van der Waals surface area contributed by atoms with E-state index in [1.165, 1.54) is 18.2 Å². The first-order valence-corrected chi connectivity index (χ1v) is 5.91. The quantitative estimate of drug-likeness (QED) is 0.390. The van der Waals surface area contributed by atoms with Crippen LogP contribution in [0.4, 0.5) is 5.69 Å². The fraction of sp³-hybridized carbons (Fsp3) is 0. The zero-order chi connectivity index (χ0) is 14.7. The van der Waals surface area contributed by atoms with E-state index in [4.69, 9.17) is 27.5 Å². The third-order valence-electron chi connectivity index (χ3n) is 2.52. The molecule has 0 unspecified atom stereocenters. The van der Waals surface area contributed by atoms with E-state index < -0.39 is 4.92 Å². The minimum Gasteiger partial charge on any atom is -0.456 e. The van der Waals surface area contributed by atoms with Crippen LogP contribution in [0.1, 0.15) is 5.56 Å². The summed E-state index contributed by atoms with van der Waals surface area (Å²) < 4.78 is 5.49. The van der Waals surface area contributed by atoms with E-state index in [0.717, 1.165) is 0 Å². The maximum Gasteiger partial charge on any atom is 0.273 e. The van der Waals surface area contributed by atoms with Gasteiger partial charge in [0.25, 0.3) is 5.69 Å². The summed E-state index contributed by atoms with van der Waals surface area (Å²) in [6, 6.07) is 10.4. The average Bonchev–Trinajstić information content (AvgIpc) is 2.41. The van der Waals surface area contributed by atoms with E-state index >= 15 is 0 Å². The SMILES string of the molecule is N=C(N)c1ccc(Oc2cc([N+](=O)[O-])ccc2Cl)cc1. The number of benzene rings is 2. The zero-order valence-electron chi connectivity index (χ0n) is 10.2. The van der Waals surface area contributed by atoms with Crippen LogP contribution in [0, 0.1) is 15.5 Å². The van der Waals surface area contributed by atoms with Gasteiger partial charge in [-0.05, 0) is 30.3 Å². The van der Waals surface area contributed by atoms with Crippen molar-refractivity contribution in [2.24, 2.45) is 5.73 Å². The Morgan fingerprint density at radius 2 is 1.90 bits per heavy atom. The summed E-state index contributed by atoms with van der Waals surface area (Å²) in [5, 5.41) is 18.3. The maximum atomic E-state index is 10.7. The molecule has 0 fully saturated rings. The Morgan fingerprint density at radius 1 is 1.25 bits per heavy atom. The number of hydrogen-bond acceptors (Lipinski definition) is 4. The summed E-state index contributed by atoms with van der Waals surface area (Å²) in [6.45, 7) is 0. The molecule has 0 amide bonds. The van der Waals surface area contributed by atoms with Gasteiger partial charge in [0.15, 0.2) is 5.75 Å². The van der Waals surface area contributed by atoms with Gasteiger partial charge in [0.1, 0.15) is 11.6 Å². The van der Waals surface area contributed by atoms with Gasteiger partial charge in [-0.1, -0.05) is 11.6 Å². The Hall–Kier alpha value is -2.60. The summed E-state index contributed by atoms with van der Waals surface area (Å²) in [5.74, 6) is 0.582. The second-order valence-corrected chi connectivity index (χ2v) is 4.32. The van der Waals surface area contributed by atoms with Crippen molar-refractivity contribution in [1.82, 2.24) is 0 Å². The summed E-state index contributed by atoms with van der Waals surface area (Å²) in [7, 11) is 0. The zero-order valence-corrected chi connectivity index (χ0v) is 10.9. The number of nitrogens with two attached hydrogens (primary N) is 1. The molecular weight excluding hydrogens is 282 g/mol. The van der Waals surface area contributed by atoms with E-state index in [1.807, 2.05) is 0 Å². The van der Waals surface area contributed by atoms with Gasteiger partial charge < -0.3 is 10.5 Å². The van der Waals surface area contributed by atoms with Gasteiger partial charge >= 0.3 is 0 Å². The van der Waals surface area contributed by atoms with Crippen molar-refractivity contribution >= 4 is 23.1 Å². The van der Waals surface area contributed by atoms with Gasteiger partial charge in [0, 0.05) is 11.6 Å². The molecule has 0 bridgehead atoms. The van der Waals surface area contributed by atoms with Crippen molar-refractivity contribution < 1.29 is 9.66 Å². The number of nitrogens with one attached hydrogen (secondary N) is 1. The fourth-order valence-electron chi connectivity index (χ4n) is 1.51. The molecule has 7 heteroatoms. The van der Waals surface area contributed by atoms with E-state index in [-0.39, 0.29) is 22.3 Å². The molecule has 0 saturated carbocycles. The number of non-ortho nitro benzene ring substituents is 1. The molecule has 6 nitrogen and oxygen atoms in total. The third-order valence-corrected chi connectivity index (χ3v) is 2.83. The summed E-state index contributed by atoms with van der Waals surface area (Å²) in [5.41, 5.74) is 5.79. The van der Waals surface area contributed by atoms with Crippen LogP contribution in [0.5, 0.6) is 11.5 Å². The number of rotatable bonds is 4. The predicted octanol–water partition coefficient (Wildman–Crippen LogP) is 3.32. The number of ether oxygens (including phenoxy) is 1. The Bertz CT molecular complexity index is 671. The van der Waals surface area contributed by atoms with Crippen LogP contribution in [-0.2, 0) is 0 Å². The topological polar surface area (TPSA) is 102 Å². The van der Waals surface area contributed by atoms with Gasteiger partial charge in [-0.15, -0.1) is 0 Å². The number of halogens is 1. The van der Waals surface area contributed by atoms with Crippen molar-refractivity contribution in [2.45, 2.75) is 0 Å². The highest BCUT2D eigenvalue weighted by Crippen LogP contribution is 2.32. The predicted molar refractivity (Wildman–Crippen MR) is 75.6 cm³/mol. The first kappa shape index (κ1) is 13.8. The molecule has 102 valence electrons. The van der Waals surface area contributed by atoms with Crippen molar-refractivity contribution in [3.63, 3.8) is 0 Å². The smallest absolute Gasteiger partial charge is 0.273 e. The van der Waals surface area contributed by atoms with Crippen LogP contribution in [-0.4, -0.2) is 10.8 Å². The molecule has 0 aliphatic carbocycles. The molecule has 0 aromatic heterocycles. The number of nitro groups is 1. The Balaban J connectivity index is 2.27. The molecule has 0 spiro atoms. The molecule has 0 saturated heterocycles. The third kappa shape index (κ3) is 3.04. The minimum atomic E-state index is -0.526. The molecular formula is C13H10ClN3O3.